The molecule has 0 saturated heterocycles. The molecule has 1 amide bonds. The third-order valence-corrected chi connectivity index (χ3v) is 3.96. The molecular weight excluding hydrogens is 286 g/mol. The molecule has 23 heavy (non-hydrogen) atoms. The number of carbonyl (C=O) groups is 1. The fourth-order valence-corrected chi connectivity index (χ4v) is 2.36. The number of amides is 1. The summed E-state index contributed by atoms with van der Waals surface area (Å²) in [5.74, 6) is -0.138. The molecule has 2 N–H and O–H groups in total. The SMILES string of the molecule is CC(C)(C)c1ccc(NC(=O)c2cncc(NC3CC3)c2)cc1. The van der Waals surface area contributed by atoms with Crippen LogP contribution in [0.2, 0.25) is 0 Å². The van der Waals surface area contributed by atoms with Gasteiger partial charge >= 0.3 is 0 Å². The van der Waals surface area contributed by atoms with Gasteiger partial charge in [-0.25, -0.2) is 0 Å². The van der Waals surface area contributed by atoms with Gasteiger partial charge in [0.05, 0.1) is 11.3 Å². The summed E-state index contributed by atoms with van der Waals surface area (Å²) in [5.41, 5.74) is 3.62. The summed E-state index contributed by atoms with van der Waals surface area (Å²) in [4.78, 5) is 16.5. The molecule has 1 fully saturated rings. The van der Waals surface area contributed by atoms with Crippen LogP contribution >= 0.6 is 0 Å². The highest BCUT2D eigenvalue weighted by Crippen LogP contribution is 2.25. The van der Waals surface area contributed by atoms with E-state index in [9.17, 15) is 4.79 Å². The molecule has 120 valence electrons. The summed E-state index contributed by atoms with van der Waals surface area (Å²) in [6, 6.07) is 10.4. The van der Waals surface area contributed by atoms with Crippen molar-refractivity contribution in [3.8, 4) is 0 Å². The van der Waals surface area contributed by atoms with Gasteiger partial charge in [-0.15, -0.1) is 0 Å². The summed E-state index contributed by atoms with van der Waals surface area (Å²) in [6.45, 7) is 6.51. The van der Waals surface area contributed by atoms with Gasteiger partial charge in [0.2, 0.25) is 0 Å². The predicted molar refractivity (Wildman–Crippen MR) is 94.0 cm³/mol. The number of anilines is 2. The summed E-state index contributed by atoms with van der Waals surface area (Å²) in [5, 5.41) is 6.28. The molecular formula is C19H23N3O. The van der Waals surface area contributed by atoms with Crippen LogP contribution in [0.15, 0.2) is 42.7 Å². The number of hydrogen-bond acceptors (Lipinski definition) is 3. The predicted octanol–water partition coefficient (Wildman–Crippen LogP) is 4.21. The van der Waals surface area contributed by atoms with E-state index in [1.807, 2.05) is 18.2 Å². The third kappa shape index (κ3) is 4.09. The molecule has 1 saturated carbocycles. The van der Waals surface area contributed by atoms with Crippen molar-refractivity contribution in [3.63, 3.8) is 0 Å². The van der Waals surface area contributed by atoms with E-state index in [0.717, 1.165) is 11.4 Å². The average Bonchev–Trinajstić information content (AvgIpc) is 3.31. The van der Waals surface area contributed by atoms with Crippen LogP contribution < -0.4 is 10.6 Å². The summed E-state index contributed by atoms with van der Waals surface area (Å²) in [7, 11) is 0. The molecule has 0 atom stereocenters. The molecule has 4 nitrogen and oxygen atoms in total. The second-order valence-corrected chi connectivity index (χ2v) is 7.16. The van der Waals surface area contributed by atoms with E-state index in [1.54, 1.807) is 12.4 Å². The number of benzene rings is 1. The lowest BCUT2D eigenvalue weighted by Crippen LogP contribution is -2.14. The van der Waals surface area contributed by atoms with E-state index in [0.29, 0.717) is 11.6 Å². The van der Waals surface area contributed by atoms with Crippen LogP contribution in [0, 0.1) is 0 Å². The number of pyridine rings is 1. The van der Waals surface area contributed by atoms with Gasteiger partial charge in [-0.3, -0.25) is 9.78 Å². The highest BCUT2D eigenvalue weighted by molar-refractivity contribution is 6.04. The molecule has 0 radical (unpaired) electrons. The van der Waals surface area contributed by atoms with Crippen LogP contribution in [0.5, 0.6) is 0 Å². The van der Waals surface area contributed by atoms with Crippen molar-refractivity contribution in [2.24, 2.45) is 0 Å². The maximum Gasteiger partial charge on any atom is 0.257 e. The van der Waals surface area contributed by atoms with E-state index in [-0.39, 0.29) is 11.3 Å². The van der Waals surface area contributed by atoms with Crippen molar-refractivity contribution in [3.05, 3.63) is 53.9 Å². The van der Waals surface area contributed by atoms with Gasteiger partial charge in [-0.05, 0) is 42.0 Å². The molecule has 3 rings (SSSR count). The Hall–Kier alpha value is -2.36. The maximum absolute atomic E-state index is 12.4. The molecule has 4 heteroatoms. The van der Waals surface area contributed by atoms with Gasteiger partial charge in [0.15, 0.2) is 0 Å². The van der Waals surface area contributed by atoms with Crippen molar-refractivity contribution < 1.29 is 4.79 Å². The standard InChI is InChI=1S/C19H23N3O/c1-19(2,3)14-4-6-16(7-5-14)22-18(23)13-10-17(12-20-11-13)21-15-8-9-15/h4-7,10-12,15,21H,8-9H2,1-3H3,(H,22,23). The molecule has 0 unspecified atom stereocenters. The minimum absolute atomic E-state index is 0.106. The van der Waals surface area contributed by atoms with Gasteiger partial charge in [0.25, 0.3) is 5.91 Å². The quantitative estimate of drug-likeness (QED) is 0.889. The van der Waals surface area contributed by atoms with Crippen molar-refractivity contribution in [1.29, 1.82) is 0 Å². The first-order chi connectivity index (χ1) is 10.9. The second-order valence-electron chi connectivity index (χ2n) is 7.16. The Balaban J connectivity index is 1.68. The molecule has 2 aromatic rings. The fourth-order valence-electron chi connectivity index (χ4n) is 2.36. The average molecular weight is 309 g/mol. The van der Waals surface area contributed by atoms with Crippen molar-refractivity contribution >= 4 is 17.3 Å². The topological polar surface area (TPSA) is 54.0 Å². The number of nitrogens with one attached hydrogen (secondary N) is 2. The largest absolute Gasteiger partial charge is 0.381 e. The van der Waals surface area contributed by atoms with Crippen LogP contribution in [0.3, 0.4) is 0 Å². The number of rotatable bonds is 4. The smallest absolute Gasteiger partial charge is 0.257 e. The molecule has 1 aromatic carbocycles. The zero-order chi connectivity index (χ0) is 16.4. The van der Waals surface area contributed by atoms with Crippen LogP contribution in [-0.2, 0) is 5.41 Å². The van der Waals surface area contributed by atoms with E-state index in [2.05, 4.69) is 48.5 Å². The van der Waals surface area contributed by atoms with E-state index in [1.165, 1.54) is 18.4 Å². The minimum atomic E-state index is -0.138. The lowest BCUT2D eigenvalue weighted by molar-refractivity contribution is 0.102. The first-order valence-electron chi connectivity index (χ1n) is 8.05. The van der Waals surface area contributed by atoms with Gasteiger partial charge in [-0.2, -0.15) is 0 Å². The van der Waals surface area contributed by atoms with Gasteiger partial charge in [0.1, 0.15) is 0 Å². The molecule has 1 aromatic heterocycles. The molecule has 1 heterocycles. The Labute approximate surface area is 137 Å². The van der Waals surface area contributed by atoms with Gasteiger partial charge in [0, 0.05) is 24.1 Å². The van der Waals surface area contributed by atoms with Gasteiger partial charge < -0.3 is 10.6 Å². The van der Waals surface area contributed by atoms with Crippen LogP contribution in [0.1, 0.15) is 49.5 Å². The molecule has 0 bridgehead atoms. The maximum atomic E-state index is 12.4. The van der Waals surface area contributed by atoms with Crippen LogP contribution in [0.25, 0.3) is 0 Å². The van der Waals surface area contributed by atoms with Crippen molar-refractivity contribution in [1.82, 2.24) is 4.98 Å². The number of carbonyl (C=O) groups excluding carboxylic acids is 1. The molecule has 1 aliphatic carbocycles. The Bertz CT molecular complexity index is 697. The highest BCUT2D eigenvalue weighted by atomic mass is 16.1. The van der Waals surface area contributed by atoms with E-state index in [4.69, 9.17) is 0 Å². The normalized spacial score (nSPS) is 14.4. The van der Waals surface area contributed by atoms with Gasteiger partial charge in [-0.1, -0.05) is 32.9 Å². The zero-order valence-corrected chi connectivity index (χ0v) is 13.9. The molecule has 0 spiro atoms. The lowest BCUT2D eigenvalue weighted by atomic mass is 9.87. The minimum Gasteiger partial charge on any atom is -0.381 e. The summed E-state index contributed by atoms with van der Waals surface area (Å²) < 4.78 is 0. The van der Waals surface area contributed by atoms with Crippen LogP contribution in [-0.4, -0.2) is 16.9 Å². The Morgan fingerprint density at radius 2 is 1.78 bits per heavy atom. The Kier molecular flexibility index (Phi) is 4.07. The number of aromatic nitrogens is 1. The second kappa shape index (κ2) is 6.03. The highest BCUT2D eigenvalue weighted by Gasteiger charge is 2.21. The molecule has 1 aliphatic rings. The first-order valence-corrected chi connectivity index (χ1v) is 8.05. The fraction of sp³-hybridized carbons (Fsp3) is 0.368. The Morgan fingerprint density at radius 1 is 1.09 bits per heavy atom. The first kappa shape index (κ1) is 15.5. The molecule has 0 aliphatic heterocycles. The van der Waals surface area contributed by atoms with E-state index >= 15 is 0 Å². The number of nitrogens with zero attached hydrogens (tertiary/aromatic N) is 1. The summed E-state index contributed by atoms with van der Waals surface area (Å²) in [6.07, 6.45) is 5.73. The van der Waals surface area contributed by atoms with Crippen molar-refractivity contribution in [2.75, 3.05) is 10.6 Å². The lowest BCUT2D eigenvalue weighted by Gasteiger charge is -2.19. The monoisotopic (exact) mass is 309 g/mol. The third-order valence-electron chi connectivity index (χ3n) is 3.96. The zero-order valence-electron chi connectivity index (χ0n) is 13.9. The van der Waals surface area contributed by atoms with Crippen molar-refractivity contribution in [2.45, 2.75) is 45.1 Å². The number of hydrogen-bond donors (Lipinski definition) is 2. The van der Waals surface area contributed by atoms with E-state index < -0.39 is 0 Å². The Morgan fingerprint density at radius 3 is 2.39 bits per heavy atom. The summed E-state index contributed by atoms with van der Waals surface area (Å²) >= 11 is 0. The van der Waals surface area contributed by atoms with Crippen LogP contribution in [0.4, 0.5) is 11.4 Å².